The van der Waals surface area contributed by atoms with E-state index in [1.165, 1.54) is 114 Å². The lowest BCUT2D eigenvalue weighted by atomic mass is 9.77. The molecular weight excluding hydrogens is 693 g/mol. The summed E-state index contributed by atoms with van der Waals surface area (Å²) in [5, 5.41) is 10.8. The number of benzene rings is 8. The molecule has 8 aromatic carbocycles. The minimum absolute atomic E-state index is 0.126. The van der Waals surface area contributed by atoms with E-state index in [-0.39, 0.29) is 5.41 Å². The minimum Gasteiger partial charge on any atom is -0.135 e. The van der Waals surface area contributed by atoms with E-state index in [0.29, 0.717) is 5.92 Å². The van der Waals surface area contributed by atoms with E-state index in [1.54, 1.807) is 0 Å². The third kappa shape index (κ3) is 4.53. The topological polar surface area (TPSA) is 0 Å². The number of hydrogen-bond acceptors (Lipinski definition) is 1. The number of rotatable bonds is 3. The van der Waals surface area contributed by atoms with Gasteiger partial charge in [-0.25, -0.2) is 0 Å². The van der Waals surface area contributed by atoms with Crippen molar-refractivity contribution in [1.29, 1.82) is 0 Å². The van der Waals surface area contributed by atoms with Crippen molar-refractivity contribution >= 4 is 75.0 Å². The van der Waals surface area contributed by atoms with Crippen molar-refractivity contribution in [1.82, 2.24) is 0 Å². The first kappa shape index (κ1) is 32.0. The van der Waals surface area contributed by atoms with Crippen LogP contribution >= 0.6 is 11.3 Å². The molecule has 1 heterocycles. The molecule has 0 saturated carbocycles. The smallest absolute Gasteiger partial charge is 0.0361 e. The summed E-state index contributed by atoms with van der Waals surface area (Å²) >= 11 is 1.90. The van der Waals surface area contributed by atoms with Crippen LogP contribution in [0.3, 0.4) is 0 Å². The van der Waals surface area contributed by atoms with Crippen LogP contribution < -0.4 is 0 Å². The molecule has 0 aliphatic heterocycles. The Morgan fingerprint density at radius 2 is 1.20 bits per heavy atom. The zero-order valence-electron chi connectivity index (χ0n) is 31.4. The Kier molecular flexibility index (Phi) is 6.78. The summed E-state index contributed by atoms with van der Waals surface area (Å²) in [6, 6.07) is 54.8. The molecule has 0 fully saturated rings. The summed E-state index contributed by atoms with van der Waals surface area (Å²) in [6.07, 6.45) is 12.8. The van der Waals surface area contributed by atoms with Crippen LogP contribution in [-0.2, 0) is 5.41 Å². The van der Waals surface area contributed by atoms with Gasteiger partial charge in [0.05, 0.1) is 0 Å². The monoisotopic (exact) mass is 730 g/mol. The van der Waals surface area contributed by atoms with Gasteiger partial charge < -0.3 is 0 Å². The molecule has 56 heavy (non-hydrogen) atoms. The molecule has 3 aliphatic rings. The van der Waals surface area contributed by atoms with Crippen molar-refractivity contribution in [2.24, 2.45) is 5.92 Å². The highest BCUT2D eigenvalue weighted by Gasteiger charge is 2.37. The average Bonchev–Trinajstić information content (AvgIpc) is 3.74. The van der Waals surface area contributed by atoms with E-state index in [4.69, 9.17) is 0 Å². The fourth-order valence-electron chi connectivity index (χ4n) is 10.5. The molecule has 0 bridgehead atoms. The van der Waals surface area contributed by atoms with Gasteiger partial charge in [0.2, 0.25) is 0 Å². The molecule has 0 nitrogen and oxygen atoms in total. The van der Waals surface area contributed by atoms with E-state index in [9.17, 15) is 0 Å². The van der Waals surface area contributed by atoms with E-state index in [1.807, 2.05) is 11.3 Å². The summed E-state index contributed by atoms with van der Waals surface area (Å²) in [4.78, 5) is 0. The van der Waals surface area contributed by atoms with Crippen LogP contribution in [0.4, 0.5) is 0 Å². The maximum Gasteiger partial charge on any atom is 0.0361 e. The molecule has 0 N–H and O–H groups in total. The van der Waals surface area contributed by atoms with Gasteiger partial charge in [0.25, 0.3) is 0 Å². The fourth-order valence-corrected chi connectivity index (χ4v) is 11.6. The van der Waals surface area contributed by atoms with Crippen LogP contribution in [0.25, 0.3) is 85.9 Å². The van der Waals surface area contributed by atoms with Crippen LogP contribution in [0.1, 0.15) is 42.5 Å². The normalized spacial score (nSPS) is 16.9. The Balaban J connectivity index is 1.03. The second kappa shape index (κ2) is 11.9. The maximum absolute atomic E-state index is 2.50. The van der Waals surface area contributed by atoms with Crippen molar-refractivity contribution in [2.75, 3.05) is 0 Å². The number of fused-ring (bicyclic) bond motifs is 12. The van der Waals surface area contributed by atoms with E-state index in [0.717, 1.165) is 6.42 Å². The fraction of sp³-hybridized carbons (Fsp3) is 0.0909. The maximum atomic E-state index is 2.50. The molecule has 9 aromatic rings. The predicted molar refractivity (Wildman–Crippen MR) is 243 cm³/mol. The number of thiophene rings is 1. The van der Waals surface area contributed by atoms with Gasteiger partial charge >= 0.3 is 0 Å². The summed E-state index contributed by atoms with van der Waals surface area (Å²) in [7, 11) is 0. The lowest BCUT2D eigenvalue weighted by Crippen LogP contribution is -2.15. The molecule has 1 aromatic heterocycles. The molecule has 1 atom stereocenters. The van der Waals surface area contributed by atoms with Gasteiger partial charge in [-0.05, 0) is 118 Å². The lowest BCUT2D eigenvalue weighted by Gasteiger charge is -2.27. The molecule has 0 amide bonds. The SMILES string of the molecule is CC1(C)c2ccc(-c3c4ccccc4c(C4=CC=C5C=CC(c6ccccc6)=CC5C4)c4ccccc34)cc2-c2ccc3c(ccc4sc5ccccc5c43)c21. The summed E-state index contributed by atoms with van der Waals surface area (Å²) in [6.45, 7) is 4.84. The van der Waals surface area contributed by atoms with Gasteiger partial charge in [0.1, 0.15) is 0 Å². The molecule has 12 rings (SSSR count). The Bertz CT molecular complexity index is 3230. The first-order valence-corrected chi connectivity index (χ1v) is 20.7. The van der Waals surface area contributed by atoms with Crippen molar-refractivity contribution in [3.8, 4) is 22.3 Å². The van der Waals surface area contributed by atoms with Gasteiger partial charge in [-0.2, -0.15) is 0 Å². The molecule has 3 aliphatic carbocycles. The Morgan fingerprint density at radius 1 is 0.518 bits per heavy atom. The van der Waals surface area contributed by atoms with Crippen molar-refractivity contribution in [3.05, 3.63) is 204 Å². The second-order valence-corrected chi connectivity index (χ2v) is 17.4. The van der Waals surface area contributed by atoms with Crippen LogP contribution in [0, 0.1) is 5.92 Å². The van der Waals surface area contributed by atoms with Gasteiger partial charge in [0, 0.05) is 31.5 Å². The van der Waals surface area contributed by atoms with Crippen LogP contribution in [0.5, 0.6) is 0 Å². The predicted octanol–water partition coefficient (Wildman–Crippen LogP) is 15.5. The highest BCUT2D eigenvalue weighted by molar-refractivity contribution is 7.26. The van der Waals surface area contributed by atoms with Gasteiger partial charge in [-0.15, -0.1) is 11.3 Å². The third-order valence-electron chi connectivity index (χ3n) is 13.0. The van der Waals surface area contributed by atoms with Crippen molar-refractivity contribution < 1.29 is 0 Å². The van der Waals surface area contributed by atoms with Gasteiger partial charge in [0.15, 0.2) is 0 Å². The minimum atomic E-state index is -0.126. The molecule has 0 saturated heterocycles. The van der Waals surface area contributed by atoms with Crippen LogP contribution in [0.2, 0.25) is 0 Å². The summed E-state index contributed by atoms with van der Waals surface area (Å²) < 4.78 is 2.72. The highest BCUT2D eigenvalue weighted by atomic mass is 32.1. The molecule has 264 valence electrons. The van der Waals surface area contributed by atoms with Crippen LogP contribution in [-0.4, -0.2) is 0 Å². The quantitative estimate of drug-likeness (QED) is 0.159. The van der Waals surface area contributed by atoms with Gasteiger partial charge in [-0.3, -0.25) is 0 Å². The second-order valence-electron chi connectivity index (χ2n) is 16.3. The first-order chi connectivity index (χ1) is 27.5. The Morgan fingerprint density at radius 3 is 1.96 bits per heavy atom. The summed E-state index contributed by atoms with van der Waals surface area (Å²) in [5.74, 6) is 0.346. The van der Waals surface area contributed by atoms with Crippen molar-refractivity contribution in [3.63, 3.8) is 0 Å². The highest BCUT2D eigenvalue weighted by Crippen LogP contribution is 2.54. The summed E-state index contributed by atoms with van der Waals surface area (Å²) in [5.41, 5.74) is 14.8. The average molecular weight is 731 g/mol. The standard InChI is InChI=1S/C55H38S/c1-55(2)48-28-24-37(32-47(48)45-26-25-43-44(54(45)55)27-29-50-53(43)46-18-10-11-19-49(46)56-50)52-41-16-8-6-14-39(41)51(40-15-7-9-17-42(40)52)36-23-21-34-20-22-35(30-38(34)31-36)33-12-4-3-5-13-33/h3-30,32,38H,31H2,1-2H3. The van der Waals surface area contributed by atoms with Crippen LogP contribution in [0.15, 0.2) is 182 Å². The number of allylic oxidation sites excluding steroid dienone is 8. The van der Waals surface area contributed by atoms with E-state index >= 15 is 0 Å². The Hall–Kier alpha value is -6.28. The van der Waals surface area contributed by atoms with Crippen molar-refractivity contribution in [2.45, 2.75) is 25.7 Å². The van der Waals surface area contributed by atoms with E-state index < -0.39 is 0 Å². The lowest BCUT2D eigenvalue weighted by molar-refractivity contribution is 0.666. The number of hydrogen-bond donors (Lipinski definition) is 0. The van der Waals surface area contributed by atoms with Gasteiger partial charge in [-0.1, -0.05) is 172 Å². The first-order valence-electron chi connectivity index (χ1n) is 19.9. The third-order valence-corrected chi connectivity index (χ3v) is 14.1. The largest absolute Gasteiger partial charge is 0.135 e. The Labute approximate surface area is 331 Å². The molecule has 0 radical (unpaired) electrons. The molecule has 1 heteroatoms. The molecule has 1 unspecified atom stereocenters. The molecule has 0 spiro atoms. The zero-order valence-corrected chi connectivity index (χ0v) is 32.3. The zero-order chi connectivity index (χ0) is 37.1. The van der Waals surface area contributed by atoms with E-state index in [2.05, 4.69) is 190 Å². The molecular formula is C55H38S.